The van der Waals surface area contributed by atoms with Crippen LogP contribution in [-0.4, -0.2) is 50.8 Å². The first-order chi connectivity index (χ1) is 9.86. The van der Waals surface area contributed by atoms with Crippen LogP contribution >= 0.6 is 0 Å². The van der Waals surface area contributed by atoms with Crippen molar-refractivity contribution in [3.8, 4) is 0 Å². The second-order valence-corrected chi connectivity index (χ2v) is 7.28. The van der Waals surface area contributed by atoms with Gasteiger partial charge in [0.1, 0.15) is 0 Å². The number of ether oxygens (including phenoxy) is 1. The van der Waals surface area contributed by atoms with Crippen molar-refractivity contribution < 1.29 is 4.74 Å². The molecule has 1 saturated heterocycles. The largest absolute Gasteiger partial charge is 0.383 e. The quantitative estimate of drug-likeness (QED) is 0.725. The first-order valence-corrected chi connectivity index (χ1v) is 8.80. The summed E-state index contributed by atoms with van der Waals surface area (Å²) in [5.74, 6) is 3.19. The van der Waals surface area contributed by atoms with Gasteiger partial charge in [0.05, 0.1) is 6.61 Å². The van der Waals surface area contributed by atoms with E-state index in [0.29, 0.717) is 0 Å². The number of hydrogen-bond donors (Lipinski definition) is 1. The Morgan fingerprint density at radius 1 is 1.15 bits per heavy atom. The molecule has 2 bridgehead atoms. The molecule has 4 unspecified atom stereocenters. The number of hydrogen-bond acceptors (Lipinski definition) is 3. The predicted molar refractivity (Wildman–Crippen MR) is 82.9 cm³/mol. The zero-order valence-corrected chi connectivity index (χ0v) is 13.2. The van der Waals surface area contributed by atoms with Crippen molar-refractivity contribution in [2.24, 2.45) is 17.8 Å². The third-order valence-electron chi connectivity index (χ3n) is 5.97. The molecular weight excluding hydrogens is 248 g/mol. The van der Waals surface area contributed by atoms with Gasteiger partial charge in [-0.05, 0) is 56.4 Å². The molecule has 3 fully saturated rings. The molecule has 0 aromatic rings. The van der Waals surface area contributed by atoms with Gasteiger partial charge in [-0.2, -0.15) is 0 Å². The van der Waals surface area contributed by atoms with Crippen LogP contribution < -0.4 is 5.32 Å². The van der Waals surface area contributed by atoms with Gasteiger partial charge in [0.25, 0.3) is 0 Å². The highest BCUT2D eigenvalue weighted by Gasteiger charge is 2.40. The van der Waals surface area contributed by atoms with E-state index in [9.17, 15) is 0 Å². The van der Waals surface area contributed by atoms with E-state index in [2.05, 4.69) is 10.2 Å². The van der Waals surface area contributed by atoms with Crippen molar-refractivity contribution in [2.75, 3.05) is 39.9 Å². The van der Waals surface area contributed by atoms with Crippen molar-refractivity contribution in [2.45, 2.75) is 51.0 Å². The van der Waals surface area contributed by atoms with E-state index in [-0.39, 0.29) is 0 Å². The van der Waals surface area contributed by atoms with E-state index in [1.165, 1.54) is 51.6 Å². The number of fused-ring (bicyclic) bond motifs is 2. The smallest absolute Gasteiger partial charge is 0.0587 e. The van der Waals surface area contributed by atoms with Gasteiger partial charge in [0, 0.05) is 32.8 Å². The van der Waals surface area contributed by atoms with Crippen LogP contribution in [-0.2, 0) is 4.74 Å². The van der Waals surface area contributed by atoms with Gasteiger partial charge in [-0.15, -0.1) is 0 Å². The third-order valence-corrected chi connectivity index (χ3v) is 5.97. The normalized spacial score (nSPS) is 37.6. The molecule has 20 heavy (non-hydrogen) atoms. The average molecular weight is 280 g/mol. The molecule has 0 amide bonds. The highest BCUT2D eigenvalue weighted by Crippen LogP contribution is 2.48. The number of piperidine rings is 1. The Balaban J connectivity index is 1.45. The Morgan fingerprint density at radius 3 is 2.85 bits per heavy atom. The van der Waals surface area contributed by atoms with E-state index in [1.807, 2.05) is 0 Å². The number of methoxy groups -OCH3 is 1. The molecule has 3 heteroatoms. The summed E-state index contributed by atoms with van der Waals surface area (Å²) in [5.41, 5.74) is 0. The van der Waals surface area contributed by atoms with Crippen LogP contribution in [0.1, 0.15) is 44.9 Å². The standard InChI is InChI=1S/C17H32N2O/c1-20-9-7-18-12-17-4-2-3-8-19(17)13-16-11-14-5-6-15(16)10-14/h14-18H,2-13H2,1H3. The van der Waals surface area contributed by atoms with Gasteiger partial charge in [0.15, 0.2) is 0 Å². The molecule has 3 rings (SSSR count). The fraction of sp³-hybridized carbons (Fsp3) is 1.00. The van der Waals surface area contributed by atoms with Gasteiger partial charge in [-0.1, -0.05) is 12.8 Å². The van der Waals surface area contributed by atoms with E-state index < -0.39 is 0 Å². The fourth-order valence-corrected chi connectivity index (χ4v) is 4.88. The minimum Gasteiger partial charge on any atom is -0.383 e. The molecule has 3 nitrogen and oxygen atoms in total. The minimum absolute atomic E-state index is 0.778. The number of nitrogens with one attached hydrogen (secondary N) is 1. The highest BCUT2D eigenvalue weighted by atomic mass is 16.5. The summed E-state index contributed by atoms with van der Waals surface area (Å²) in [6.45, 7) is 5.71. The second kappa shape index (κ2) is 7.24. The number of rotatable bonds is 7. The summed E-state index contributed by atoms with van der Waals surface area (Å²) in [4.78, 5) is 2.81. The molecule has 1 aliphatic heterocycles. The summed E-state index contributed by atoms with van der Waals surface area (Å²) in [6.07, 6.45) is 10.4. The third kappa shape index (κ3) is 3.55. The van der Waals surface area contributed by atoms with Crippen molar-refractivity contribution in [3.05, 3.63) is 0 Å². The van der Waals surface area contributed by atoms with Gasteiger partial charge < -0.3 is 10.1 Å². The van der Waals surface area contributed by atoms with Gasteiger partial charge in [-0.25, -0.2) is 0 Å². The summed E-state index contributed by atoms with van der Waals surface area (Å²) in [7, 11) is 1.78. The van der Waals surface area contributed by atoms with Crippen LogP contribution in [0.5, 0.6) is 0 Å². The van der Waals surface area contributed by atoms with Crippen LogP contribution in [0.25, 0.3) is 0 Å². The van der Waals surface area contributed by atoms with Crippen LogP contribution in [0.2, 0.25) is 0 Å². The number of likely N-dealkylation sites (tertiary alicyclic amines) is 1. The summed E-state index contributed by atoms with van der Waals surface area (Å²) in [5, 5.41) is 3.58. The maximum Gasteiger partial charge on any atom is 0.0587 e. The number of nitrogens with zero attached hydrogens (tertiary/aromatic N) is 1. The van der Waals surface area contributed by atoms with Gasteiger partial charge >= 0.3 is 0 Å². The molecule has 3 aliphatic rings. The van der Waals surface area contributed by atoms with E-state index >= 15 is 0 Å². The zero-order chi connectivity index (χ0) is 13.8. The van der Waals surface area contributed by atoms with Crippen LogP contribution in [0, 0.1) is 17.8 Å². The second-order valence-electron chi connectivity index (χ2n) is 7.28. The highest BCUT2D eigenvalue weighted by molar-refractivity contribution is 4.92. The lowest BCUT2D eigenvalue weighted by atomic mass is 9.87. The first kappa shape index (κ1) is 14.8. The molecule has 4 atom stereocenters. The monoisotopic (exact) mass is 280 g/mol. The SMILES string of the molecule is COCCNCC1CCCCN1CC1CC2CCC1C2. The lowest BCUT2D eigenvalue weighted by molar-refractivity contribution is 0.104. The van der Waals surface area contributed by atoms with E-state index in [4.69, 9.17) is 4.74 Å². The van der Waals surface area contributed by atoms with Crippen LogP contribution in [0.4, 0.5) is 0 Å². The van der Waals surface area contributed by atoms with Crippen molar-refractivity contribution in [1.29, 1.82) is 0 Å². The Labute approximate surface area is 124 Å². The van der Waals surface area contributed by atoms with Crippen molar-refractivity contribution in [1.82, 2.24) is 10.2 Å². The van der Waals surface area contributed by atoms with Crippen molar-refractivity contribution in [3.63, 3.8) is 0 Å². The molecule has 0 radical (unpaired) electrons. The summed E-state index contributed by atoms with van der Waals surface area (Å²) in [6, 6.07) is 0.778. The molecule has 0 aromatic carbocycles. The summed E-state index contributed by atoms with van der Waals surface area (Å²) >= 11 is 0. The topological polar surface area (TPSA) is 24.5 Å². The Morgan fingerprint density at radius 2 is 2.10 bits per heavy atom. The molecule has 2 aliphatic carbocycles. The minimum atomic E-state index is 0.778. The predicted octanol–water partition coefficient (Wildman–Crippen LogP) is 2.51. The van der Waals surface area contributed by atoms with E-state index in [0.717, 1.165) is 43.5 Å². The molecule has 1 heterocycles. The Kier molecular flexibility index (Phi) is 5.36. The first-order valence-electron chi connectivity index (χ1n) is 8.80. The Bertz CT molecular complexity index is 297. The molecule has 116 valence electrons. The van der Waals surface area contributed by atoms with E-state index in [1.54, 1.807) is 13.5 Å². The average Bonchev–Trinajstić information content (AvgIpc) is 3.08. The molecular formula is C17H32N2O. The van der Waals surface area contributed by atoms with Crippen LogP contribution in [0.3, 0.4) is 0 Å². The van der Waals surface area contributed by atoms with Gasteiger partial charge in [0.2, 0.25) is 0 Å². The van der Waals surface area contributed by atoms with Gasteiger partial charge in [-0.3, -0.25) is 4.90 Å². The molecule has 1 N–H and O–H groups in total. The zero-order valence-electron chi connectivity index (χ0n) is 13.2. The fourth-order valence-electron chi connectivity index (χ4n) is 4.88. The molecule has 0 spiro atoms. The maximum absolute atomic E-state index is 5.12. The van der Waals surface area contributed by atoms with Crippen molar-refractivity contribution >= 4 is 0 Å². The maximum atomic E-state index is 5.12. The molecule has 0 aromatic heterocycles. The molecule has 2 saturated carbocycles. The van der Waals surface area contributed by atoms with Crippen LogP contribution in [0.15, 0.2) is 0 Å². The lowest BCUT2D eigenvalue weighted by Gasteiger charge is -2.39. The lowest BCUT2D eigenvalue weighted by Crippen LogP contribution is -2.48. The summed E-state index contributed by atoms with van der Waals surface area (Å²) < 4.78 is 5.12. The Hall–Kier alpha value is -0.120.